The van der Waals surface area contributed by atoms with Gasteiger partial charge in [-0.2, -0.15) is 0 Å². The highest BCUT2D eigenvalue weighted by atomic mass is 16.7. The zero-order valence-electron chi connectivity index (χ0n) is 7.67. The number of carbonyl (C=O) groups excluding carboxylic acids is 1. The summed E-state index contributed by atoms with van der Waals surface area (Å²) in [6.07, 6.45) is 2.24. The number of amides is 1. The Balaban J connectivity index is 3.31. The summed E-state index contributed by atoms with van der Waals surface area (Å²) >= 11 is 0. The molecule has 0 unspecified atom stereocenters. The quantitative estimate of drug-likeness (QED) is 0.328. The molecule has 5 heteroatoms. The summed E-state index contributed by atoms with van der Waals surface area (Å²) in [4.78, 5) is 15.8. The van der Waals surface area contributed by atoms with E-state index in [1.54, 1.807) is 7.05 Å². The maximum atomic E-state index is 11.1. The Hall–Kier alpha value is -0.650. The van der Waals surface area contributed by atoms with Crippen LogP contribution in [0.5, 0.6) is 0 Å². The highest BCUT2D eigenvalue weighted by Gasteiger charge is 2.05. The van der Waals surface area contributed by atoms with Gasteiger partial charge < -0.3 is 0 Å². The monoisotopic (exact) mass is 175 g/mol. The number of nitrogens with zero attached hydrogens (tertiary/aromatic N) is 1. The van der Waals surface area contributed by atoms with Crippen LogP contribution in [-0.4, -0.2) is 31.7 Å². The fourth-order valence-corrected chi connectivity index (χ4v) is 0.763. The molecule has 3 N–H and O–H groups in total. The Bertz CT molecular complexity index is 130. The number of nitrogens with two attached hydrogens (primary N) is 1. The van der Waals surface area contributed by atoms with Gasteiger partial charge in [-0.25, -0.2) is 5.06 Å². The average Bonchev–Trinajstić information content (AvgIpc) is 2.10. The SMILES string of the molecule is CON(C)C(=O)CCCCNN. The highest BCUT2D eigenvalue weighted by Crippen LogP contribution is 1.98. The lowest BCUT2D eigenvalue weighted by Gasteiger charge is -2.12. The Kier molecular flexibility index (Phi) is 6.64. The van der Waals surface area contributed by atoms with E-state index in [9.17, 15) is 4.79 Å². The van der Waals surface area contributed by atoms with Gasteiger partial charge >= 0.3 is 0 Å². The molecule has 0 bridgehead atoms. The van der Waals surface area contributed by atoms with Crippen LogP contribution in [0.25, 0.3) is 0 Å². The van der Waals surface area contributed by atoms with Crippen molar-refractivity contribution in [2.45, 2.75) is 19.3 Å². The van der Waals surface area contributed by atoms with E-state index in [0.717, 1.165) is 19.4 Å². The van der Waals surface area contributed by atoms with E-state index in [1.807, 2.05) is 0 Å². The first-order valence-corrected chi connectivity index (χ1v) is 3.96. The molecule has 0 rings (SSSR count). The van der Waals surface area contributed by atoms with Gasteiger partial charge in [-0.1, -0.05) is 0 Å². The lowest BCUT2D eigenvalue weighted by atomic mass is 10.2. The summed E-state index contributed by atoms with van der Waals surface area (Å²) in [5, 5.41) is 1.23. The van der Waals surface area contributed by atoms with Gasteiger partial charge in [0.05, 0.1) is 7.11 Å². The molecule has 12 heavy (non-hydrogen) atoms. The summed E-state index contributed by atoms with van der Waals surface area (Å²) in [5.74, 6) is 5.06. The molecule has 0 saturated carbocycles. The van der Waals surface area contributed by atoms with Crippen molar-refractivity contribution in [1.82, 2.24) is 10.5 Å². The van der Waals surface area contributed by atoms with Crippen molar-refractivity contribution < 1.29 is 9.63 Å². The number of hydrazine groups is 1. The van der Waals surface area contributed by atoms with Gasteiger partial charge in [0.15, 0.2) is 0 Å². The second kappa shape index (κ2) is 7.02. The van der Waals surface area contributed by atoms with Crippen molar-refractivity contribution in [2.24, 2.45) is 5.84 Å². The second-order valence-corrected chi connectivity index (χ2v) is 2.49. The van der Waals surface area contributed by atoms with Crippen LogP contribution in [0.4, 0.5) is 0 Å². The van der Waals surface area contributed by atoms with Gasteiger partial charge in [-0.15, -0.1) is 0 Å². The van der Waals surface area contributed by atoms with Gasteiger partial charge in [0.2, 0.25) is 5.91 Å². The molecular weight excluding hydrogens is 158 g/mol. The maximum Gasteiger partial charge on any atom is 0.245 e. The Morgan fingerprint density at radius 2 is 2.25 bits per heavy atom. The minimum absolute atomic E-state index is 0.00507. The fraction of sp³-hybridized carbons (Fsp3) is 0.857. The number of hydrogen-bond acceptors (Lipinski definition) is 4. The van der Waals surface area contributed by atoms with Crippen molar-refractivity contribution in [1.29, 1.82) is 0 Å². The van der Waals surface area contributed by atoms with E-state index >= 15 is 0 Å². The van der Waals surface area contributed by atoms with Crippen LogP contribution in [0.2, 0.25) is 0 Å². The highest BCUT2D eigenvalue weighted by molar-refractivity contribution is 5.74. The van der Waals surface area contributed by atoms with Crippen LogP contribution >= 0.6 is 0 Å². The summed E-state index contributed by atoms with van der Waals surface area (Å²) in [6.45, 7) is 0.740. The lowest BCUT2D eigenvalue weighted by Crippen LogP contribution is -2.26. The zero-order valence-corrected chi connectivity index (χ0v) is 7.67. The van der Waals surface area contributed by atoms with Crippen LogP contribution < -0.4 is 11.3 Å². The fourth-order valence-electron chi connectivity index (χ4n) is 0.763. The number of unbranched alkanes of at least 4 members (excludes halogenated alkanes) is 1. The number of nitrogens with one attached hydrogen (secondary N) is 1. The molecule has 0 aliphatic heterocycles. The van der Waals surface area contributed by atoms with E-state index in [2.05, 4.69) is 5.43 Å². The van der Waals surface area contributed by atoms with E-state index in [-0.39, 0.29) is 5.91 Å². The smallest absolute Gasteiger partial charge is 0.245 e. The molecule has 5 nitrogen and oxygen atoms in total. The maximum absolute atomic E-state index is 11.1. The number of rotatable bonds is 6. The first kappa shape index (κ1) is 11.4. The predicted molar refractivity (Wildman–Crippen MR) is 45.8 cm³/mol. The predicted octanol–water partition coefficient (Wildman–Crippen LogP) is -0.360. The molecular formula is C7H17N3O2. The molecule has 72 valence electrons. The van der Waals surface area contributed by atoms with Gasteiger partial charge in [0.1, 0.15) is 0 Å². The van der Waals surface area contributed by atoms with Crippen molar-refractivity contribution in [3.8, 4) is 0 Å². The van der Waals surface area contributed by atoms with E-state index < -0.39 is 0 Å². The molecule has 0 aliphatic carbocycles. The molecule has 0 aromatic heterocycles. The minimum atomic E-state index is -0.00507. The molecule has 1 amide bonds. The lowest BCUT2D eigenvalue weighted by molar-refractivity contribution is -0.168. The zero-order chi connectivity index (χ0) is 9.40. The van der Waals surface area contributed by atoms with Crippen molar-refractivity contribution in [3.63, 3.8) is 0 Å². The summed E-state index contributed by atoms with van der Waals surface area (Å²) in [6, 6.07) is 0. The van der Waals surface area contributed by atoms with Gasteiger partial charge in [0, 0.05) is 20.0 Å². The third-order valence-electron chi connectivity index (χ3n) is 1.59. The molecule has 0 aliphatic rings. The largest absolute Gasteiger partial charge is 0.275 e. The normalized spacial score (nSPS) is 9.92. The van der Waals surface area contributed by atoms with E-state index in [1.165, 1.54) is 12.2 Å². The molecule has 0 saturated heterocycles. The van der Waals surface area contributed by atoms with Crippen LogP contribution in [0, 0.1) is 0 Å². The summed E-state index contributed by atoms with van der Waals surface area (Å²) in [5.41, 5.74) is 2.53. The molecule has 0 atom stereocenters. The number of hydroxylamine groups is 2. The van der Waals surface area contributed by atoms with Crippen LogP contribution in [0.3, 0.4) is 0 Å². The average molecular weight is 175 g/mol. The Labute approximate surface area is 72.8 Å². The van der Waals surface area contributed by atoms with Crippen molar-refractivity contribution in [2.75, 3.05) is 20.7 Å². The van der Waals surface area contributed by atoms with Gasteiger partial charge in [-0.3, -0.25) is 20.9 Å². The van der Waals surface area contributed by atoms with Crippen molar-refractivity contribution in [3.05, 3.63) is 0 Å². The van der Waals surface area contributed by atoms with E-state index in [4.69, 9.17) is 10.7 Å². The summed E-state index contributed by atoms with van der Waals surface area (Å²) in [7, 11) is 3.07. The number of hydrogen-bond donors (Lipinski definition) is 2. The van der Waals surface area contributed by atoms with Gasteiger partial charge in [0.25, 0.3) is 0 Å². The number of carbonyl (C=O) groups is 1. The molecule has 0 aromatic rings. The molecule has 0 radical (unpaired) electrons. The first-order valence-electron chi connectivity index (χ1n) is 3.96. The first-order chi connectivity index (χ1) is 5.72. The van der Waals surface area contributed by atoms with E-state index in [0.29, 0.717) is 6.42 Å². The second-order valence-electron chi connectivity index (χ2n) is 2.49. The Morgan fingerprint density at radius 3 is 2.75 bits per heavy atom. The van der Waals surface area contributed by atoms with Gasteiger partial charge in [-0.05, 0) is 12.8 Å². The topological polar surface area (TPSA) is 67.6 Å². The van der Waals surface area contributed by atoms with Crippen molar-refractivity contribution >= 4 is 5.91 Å². The molecule has 0 aromatic carbocycles. The molecule has 0 spiro atoms. The molecule has 0 fully saturated rings. The minimum Gasteiger partial charge on any atom is -0.275 e. The van der Waals surface area contributed by atoms with Crippen LogP contribution in [0.1, 0.15) is 19.3 Å². The van der Waals surface area contributed by atoms with Crippen LogP contribution in [0.15, 0.2) is 0 Å². The van der Waals surface area contributed by atoms with Crippen LogP contribution in [-0.2, 0) is 9.63 Å². The summed E-state index contributed by atoms with van der Waals surface area (Å²) < 4.78 is 0. The molecule has 0 heterocycles. The Morgan fingerprint density at radius 1 is 1.58 bits per heavy atom. The third-order valence-corrected chi connectivity index (χ3v) is 1.59. The third kappa shape index (κ3) is 5.06. The standard InChI is InChI=1S/C7H17N3O2/c1-10(12-2)7(11)5-3-4-6-9-8/h9H,3-6,8H2,1-2H3.